The zero-order valence-electron chi connectivity index (χ0n) is 11.2. The van der Waals surface area contributed by atoms with E-state index in [0.29, 0.717) is 38.1 Å². The van der Waals surface area contributed by atoms with E-state index >= 15 is 0 Å². The molecule has 1 aromatic rings. The highest BCUT2D eigenvalue weighted by atomic mass is 32.2. The minimum Gasteiger partial charge on any atom is -0.334 e. The predicted octanol–water partition coefficient (Wildman–Crippen LogP) is 1.00. The van der Waals surface area contributed by atoms with E-state index in [1.807, 2.05) is 6.92 Å². The second kappa shape index (κ2) is 5.42. The van der Waals surface area contributed by atoms with Crippen LogP contribution < -0.4 is 4.72 Å². The van der Waals surface area contributed by atoms with Crippen LogP contribution in [0.15, 0.2) is 11.2 Å². The predicted molar refractivity (Wildman–Crippen MR) is 70.2 cm³/mol. The van der Waals surface area contributed by atoms with Gasteiger partial charge in [0.2, 0.25) is 0 Å². The Morgan fingerprint density at radius 3 is 2.58 bits per heavy atom. The highest BCUT2D eigenvalue weighted by Gasteiger charge is 2.26. The van der Waals surface area contributed by atoms with Gasteiger partial charge in [-0.2, -0.15) is 0 Å². The molecule has 1 fully saturated rings. The molecular weight excluding hydrogens is 266 g/mol. The fourth-order valence-electron chi connectivity index (χ4n) is 2.27. The Morgan fingerprint density at radius 1 is 1.42 bits per heavy atom. The third kappa shape index (κ3) is 3.22. The maximum atomic E-state index is 12.2. The average Bonchev–Trinajstić information content (AvgIpc) is 2.74. The summed E-state index contributed by atoms with van der Waals surface area (Å²) in [5.74, 6) is 0.892. The van der Waals surface area contributed by atoms with Crippen LogP contribution in [0.25, 0.3) is 0 Å². The van der Waals surface area contributed by atoms with Crippen molar-refractivity contribution >= 4 is 15.8 Å². The van der Waals surface area contributed by atoms with Crippen LogP contribution >= 0.6 is 0 Å². The molecule has 1 saturated carbocycles. The van der Waals surface area contributed by atoms with E-state index in [9.17, 15) is 13.2 Å². The number of aromatic nitrogens is 2. The smallest absolute Gasteiger partial charge is 0.259 e. The van der Waals surface area contributed by atoms with Crippen molar-refractivity contribution in [3.63, 3.8) is 0 Å². The number of hydrogen-bond donors (Lipinski definition) is 1. The van der Waals surface area contributed by atoms with Gasteiger partial charge in [-0.05, 0) is 26.7 Å². The third-order valence-corrected chi connectivity index (χ3v) is 4.83. The fourth-order valence-corrected chi connectivity index (χ4v) is 3.58. The molecule has 0 bridgehead atoms. The van der Waals surface area contributed by atoms with Crippen molar-refractivity contribution in [1.82, 2.24) is 14.3 Å². The molecule has 1 aromatic heterocycles. The van der Waals surface area contributed by atoms with Crippen LogP contribution in [0.3, 0.4) is 0 Å². The minimum atomic E-state index is -3.58. The van der Waals surface area contributed by atoms with Crippen molar-refractivity contribution in [3.8, 4) is 0 Å². The molecule has 0 radical (unpaired) electrons. The standard InChI is InChI=1S/C12H19N3O3S/c1-3-15-8-12(13-9(15)2)19(17,18)14-10-4-6-11(16)7-5-10/h8,10,14H,3-7H2,1-2H3. The number of ketones is 1. The first-order chi connectivity index (χ1) is 8.92. The molecule has 0 atom stereocenters. The molecule has 1 aliphatic rings. The van der Waals surface area contributed by atoms with E-state index in [0.717, 1.165) is 0 Å². The summed E-state index contributed by atoms with van der Waals surface area (Å²) in [7, 11) is -3.58. The Balaban J connectivity index is 2.11. The van der Waals surface area contributed by atoms with E-state index in [1.165, 1.54) is 0 Å². The molecule has 0 spiro atoms. The van der Waals surface area contributed by atoms with Crippen molar-refractivity contribution in [3.05, 3.63) is 12.0 Å². The van der Waals surface area contributed by atoms with Crippen LogP contribution in [0.1, 0.15) is 38.4 Å². The Morgan fingerprint density at radius 2 is 2.05 bits per heavy atom. The summed E-state index contributed by atoms with van der Waals surface area (Å²) in [6, 6.07) is -0.158. The first kappa shape index (κ1) is 14.2. The van der Waals surface area contributed by atoms with Gasteiger partial charge in [0, 0.05) is 31.6 Å². The molecule has 0 amide bonds. The summed E-state index contributed by atoms with van der Waals surface area (Å²) in [4.78, 5) is 15.2. The molecule has 0 aromatic carbocycles. The quantitative estimate of drug-likeness (QED) is 0.895. The van der Waals surface area contributed by atoms with E-state index in [4.69, 9.17) is 0 Å². The second-order valence-electron chi connectivity index (χ2n) is 4.85. The number of sulfonamides is 1. The molecule has 6 nitrogen and oxygen atoms in total. The van der Waals surface area contributed by atoms with Gasteiger partial charge in [-0.3, -0.25) is 4.79 Å². The number of nitrogens with zero attached hydrogens (tertiary/aromatic N) is 2. The largest absolute Gasteiger partial charge is 0.334 e. The summed E-state index contributed by atoms with van der Waals surface area (Å²) in [6.45, 7) is 4.40. The summed E-state index contributed by atoms with van der Waals surface area (Å²) >= 11 is 0. The number of nitrogens with one attached hydrogen (secondary N) is 1. The first-order valence-electron chi connectivity index (χ1n) is 6.50. The van der Waals surface area contributed by atoms with Gasteiger partial charge >= 0.3 is 0 Å². The fraction of sp³-hybridized carbons (Fsp3) is 0.667. The Bertz CT molecular complexity index is 567. The molecule has 0 aliphatic heterocycles. The topological polar surface area (TPSA) is 81.1 Å². The van der Waals surface area contributed by atoms with Crippen LogP contribution in [-0.4, -0.2) is 29.8 Å². The lowest BCUT2D eigenvalue weighted by Crippen LogP contribution is -2.37. The Hall–Kier alpha value is -1.21. The maximum Gasteiger partial charge on any atom is 0.259 e. The van der Waals surface area contributed by atoms with E-state index in [-0.39, 0.29) is 16.9 Å². The van der Waals surface area contributed by atoms with Crippen molar-refractivity contribution in [2.75, 3.05) is 0 Å². The van der Waals surface area contributed by atoms with Gasteiger partial charge in [-0.25, -0.2) is 18.1 Å². The number of hydrogen-bond acceptors (Lipinski definition) is 4. The van der Waals surface area contributed by atoms with Gasteiger partial charge in [0.25, 0.3) is 10.0 Å². The number of carbonyl (C=O) groups excluding carboxylic acids is 1. The van der Waals surface area contributed by atoms with Gasteiger partial charge in [0.05, 0.1) is 0 Å². The second-order valence-corrected chi connectivity index (χ2v) is 6.51. The summed E-state index contributed by atoms with van der Waals surface area (Å²) < 4.78 is 28.8. The van der Waals surface area contributed by atoms with E-state index in [2.05, 4.69) is 9.71 Å². The van der Waals surface area contributed by atoms with Crippen LogP contribution in [-0.2, 0) is 21.4 Å². The lowest BCUT2D eigenvalue weighted by Gasteiger charge is -2.21. The van der Waals surface area contributed by atoms with Gasteiger partial charge in [0.1, 0.15) is 11.6 Å². The molecule has 1 heterocycles. The molecule has 19 heavy (non-hydrogen) atoms. The average molecular weight is 285 g/mol. The molecule has 2 rings (SSSR count). The Kier molecular flexibility index (Phi) is 4.05. The normalized spacial score (nSPS) is 17.9. The van der Waals surface area contributed by atoms with Crippen molar-refractivity contribution in [1.29, 1.82) is 0 Å². The van der Waals surface area contributed by atoms with Gasteiger partial charge in [0.15, 0.2) is 5.03 Å². The van der Waals surface area contributed by atoms with E-state index < -0.39 is 10.0 Å². The third-order valence-electron chi connectivity index (χ3n) is 3.44. The van der Waals surface area contributed by atoms with Crippen LogP contribution in [0.2, 0.25) is 0 Å². The molecular formula is C12H19N3O3S. The number of aryl methyl sites for hydroxylation is 2. The van der Waals surface area contributed by atoms with Gasteiger partial charge in [-0.15, -0.1) is 0 Å². The lowest BCUT2D eigenvalue weighted by molar-refractivity contribution is -0.120. The van der Waals surface area contributed by atoms with Crippen LogP contribution in [0.5, 0.6) is 0 Å². The summed E-state index contributed by atoms with van der Waals surface area (Å²) in [6.07, 6.45) is 3.61. The summed E-state index contributed by atoms with van der Waals surface area (Å²) in [5.41, 5.74) is 0. The van der Waals surface area contributed by atoms with Crippen molar-refractivity contribution in [2.24, 2.45) is 0 Å². The highest BCUT2D eigenvalue weighted by Crippen LogP contribution is 2.17. The lowest BCUT2D eigenvalue weighted by atomic mass is 9.95. The zero-order valence-corrected chi connectivity index (χ0v) is 12.0. The molecule has 7 heteroatoms. The van der Waals surface area contributed by atoms with Crippen LogP contribution in [0.4, 0.5) is 0 Å². The van der Waals surface area contributed by atoms with Gasteiger partial charge < -0.3 is 4.57 Å². The van der Waals surface area contributed by atoms with Crippen molar-refractivity contribution < 1.29 is 13.2 Å². The number of imidazole rings is 1. The zero-order chi connectivity index (χ0) is 14.0. The van der Waals surface area contributed by atoms with Gasteiger partial charge in [-0.1, -0.05) is 0 Å². The molecule has 1 aliphatic carbocycles. The highest BCUT2D eigenvalue weighted by molar-refractivity contribution is 7.89. The molecule has 0 unspecified atom stereocenters. The number of rotatable bonds is 4. The van der Waals surface area contributed by atoms with Crippen LogP contribution in [0, 0.1) is 6.92 Å². The minimum absolute atomic E-state index is 0.0590. The monoisotopic (exact) mass is 285 g/mol. The molecule has 1 N–H and O–H groups in total. The molecule has 106 valence electrons. The summed E-state index contributed by atoms with van der Waals surface area (Å²) in [5, 5.41) is 0.0590. The SMILES string of the molecule is CCn1cc(S(=O)(=O)NC2CCC(=O)CC2)nc1C. The molecule has 0 saturated heterocycles. The van der Waals surface area contributed by atoms with E-state index in [1.54, 1.807) is 17.7 Å². The number of carbonyl (C=O) groups is 1. The first-order valence-corrected chi connectivity index (χ1v) is 7.98. The van der Waals surface area contributed by atoms with Crippen molar-refractivity contribution in [2.45, 2.75) is 57.1 Å². The number of Topliss-reactive ketones (excluding diaryl/α,β-unsaturated/α-hetero) is 1. The maximum absolute atomic E-state index is 12.2. The Labute approximate surface area is 113 Å².